The van der Waals surface area contributed by atoms with E-state index in [4.69, 9.17) is 5.11 Å². The number of likely N-dealkylation sites (N-methyl/N-ethyl adjacent to an activating group) is 1. The summed E-state index contributed by atoms with van der Waals surface area (Å²) in [5, 5.41) is 8.82. The van der Waals surface area contributed by atoms with Crippen molar-refractivity contribution >= 4 is 11.9 Å². The van der Waals surface area contributed by atoms with Crippen LogP contribution in [0.4, 0.5) is 13.2 Å². The lowest BCUT2D eigenvalue weighted by molar-refractivity contribution is -0.284. The van der Waals surface area contributed by atoms with E-state index in [0.717, 1.165) is 11.3 Å². The molecule has 4 saturated carbocycles. The molecule has 0 aromatic rings. The average Bonchev–Trinajstić information content (AvgIpc) is 2.34. The molecule has 0 aliphatic heterocycles. The lowest BCUT2D eigenvalue weighted by Crippen LogP contribution is -2.61. The second-order valence-corrected chi connectivity index (χ2v) is 7.57. The third-order valence-electron chi connectivity index (χ3n) is 5.84. The van der Waals surface area contributed by atoms with E-state index in [9.17, 15) is 22.8 Å². The summed E-state index contributed by atoms with van der Waals surface area (Å²) in [6.45, 7) is -0.463. The van der Waals surface area contributed by atoms with Crippen LogP contribution in [0.2, 0.25) is 0 Å². The number of aliphatic carboxylic acids is 1. The van der Waals surface area contributed by atoms with Gasteiger partial charge in [0.25, 0.3) is 0 Å². The van der Waals surface area contributed by atoms with Gasteiger partial charge >= 0.3 is 12.1 Å². The third kappa shape index (κ3) is 2.20. The van der Waals surface area contributed by atoms with E-state index in [1.807, 2.05) is 0 Å². The number of carbonyl (C=O) groups is 2. The first-order valence-corrected chi connectivity index (χ1v) is 7.61. The molecule has 0 heterocycles. The summed E-state index contributed by atoms with van der Waals surface area (Å²) in [7, 11) is 1.37. The number of rotatable bonds is 3. The first-order valence-electron chi connectivity index (χ1n) is 7.61. The molecule has 2 atom stereocenters. The fraction of sp³-hybridized carbons (Fsp3) is 0.867. The van der Waals surface area contributed by atoms with E-state index >= 15 is 0 Å². The Morgan fingerprint density at radius 2 is 1.73 bits per heavy atom. The van der Waals surface area contributed by atoms with E-state index in [-0.39, 0.29) is 31.1 Å². The molecule has 22 heavy (non-hydrogen) atoms. The smallest absolute Gasteiger partial charge is 0.394 e. The monoisotopic (exact) mass is 319 g/mol. The molecule has 4 aliphatic rings. The van der Waals surface area contributed by atoms with Gasteiger partial charge < -0.3 is 10.0 Å². The number of hydrogen-bond donors (Lipinski definition) is 1. The van der Waals surface area contributed by atoms with Crippen molar-refractivity contribution in [2.24, 2.45) is 22.7 Å². The van der Waals surface area contributed by atoms with Crippen molar-refractivity contribution in [2.45, 2.75) is 44.7 Å². The summed E-state index contributed by atoms with van der Waals surface area (Å²) >= 11 is 0. The molecule has 1 amide bonds. The molecular weight excluding hydrogens is 299 g/mol. The van der Waals surface area contributed by atoms with Gasteiger partial charge in [-0.2, -0.15) is 13.2 Å². The lowest BCUT2D eigenvalue weighted by atomic mass is 9.43. The van der Waals surface area contributed by atoms with Crippen molar-refractivity contribution in [1.29, 1.82) is 0 Å². The van der Waals surface area contributed by atoms with Gasteiger partial charge in [-0.3, -0.25) is 9.59 Å². The van der Waals surface area contributed by atoms with E-state index in [1.54, 1.807) is 0 Å². The quantitative estimate of drug-likeness (QED) is 0.870. The maximum atomic E-state index is 13.6. The molecule has 4 bridgehead atoms. The van der Waals surface area contributed by atoms with E-state index in [1.165, 1.54) is 7.05 Å². The molecule has 7 heteroatoms. The Morgan fingerprint density at radius 1 is 1.18 bits per heavy atom. The van der Waals surface area contributed by atoms with Crippen LogP contribution in [0.15, 0.2) is 0 Å². The Balaban J connectivity index is 1.91. The van der Waals surface area contributed by atoms with E-state index in [2.05, 4.69) is 0 Å². The molecule has 0 spiro atoms. The van der Waals surface area contributed by atoms with Crippen LogP contribution in [-0.2, 0) is 9.59 Å². The average molecular weight is 319 g/mol. The summed E-state index contributed by atoms with van der Waals surface area (Å²) in [6.07, 6.45) is -2.47. The topological polar surface area (TPSA) is 57.6 Å². The number of halogens is 3. The number of nitrogens with zero attached hydrogens (tertiary/aromatic N) is 1. The zero-order chi connectivity index (χ0) is 16.3. The predicted molar refractivity (Wildman–Crippen MR) is 70.9 cm³/mol. The lowest BCUT2D eigenvalue weighted by Gasteiger charge is -2.61. The van der Waals surface area contributed by atoms with Gasteiger partial charge in [-0.05, 0) is 50.4 Å². The van der Waals surface area contributed by atoms with Gasteiger partial charge in [0.05, 0.1) is 10.8 Å². The minimum atomic E-state index is -4.29. The van der Waals surface area contributed by atoms with Gasteiger partial charge in [-0.15, -0.1) is 0 Å². The molecular formula is C15H20F3NO3. The van der Waals surface area contributed by atoms with Crippen LogP contribution >= 0.6 is 0 Å². The standard InChI is InChI=1S/C15H20F3NO3/c1-19(7-11(20)21)12(22)13-3-9-2-10(4-13)6-14(5-9,8-13)15(16,17)18/h9-10H,2-8H2,1H3,(H,20,21). The number of alkyl halides is 3. The Morgan fingerprint density at radius 3 is 2.18 bits per heavy atom. The molecule has 0 aromatic heterocycles. The largest absolute Gasteiger partial charge is 0.480 e. The summed E-state index contributed by atoms with van der Waals surface area (Å²) < 4.78 is 40.9. The van der Waals surface area contributed by atoms with Crippen LogP contribution in [-0.4, -0.2) is 41.7 Å². The first-order chi connectivity index (χ1) is 10.1. The number of carboxylic acid groups (broad SMARTS) is 1. The van der Waals surface area contributed by atoms with Crippen LogP contribution in [0, 0.1) is 22.7 Å². The molecule has 4 nitrogen and oxygen atoms in total. The van der Waals surface area contributed by atoms with Crippen molar-refractivity contribution in [3.8, 4) is 0 Å². The molecule has 4 aliphatic carbocycles. The number of carboxylic acids is 1. The molecule has 1 N–H and O–H groups in total. The van der Waals surface area contributed by atoms with E-state index in [0.29, 0.717) is 12.8 Å². The summed E-state index contributed by atoms with van der Waals surface area (Å²) in [6, 6.07) is 0. The maximum Gasteiger partial charge on any atom is 0.394 e. The predicted octanol–water partition coefficient (Wildman–Crippen LogP) is 2.68. The Hall–Kier alpha value is -1.27. The summed E-state index contributed by atoms with van der Waals surface area (Å²) in [5.41, 5.74) is -2.75. The summed E-state index contributed by atoms with van der Waals surface area (Å²) in [4.78, 5) is 24.6. The number of hydrogen-bond acceptors (Lipinski definition) is 2. The second-order valence-electron chi connectivity index (χ2n) is 7.57. The van der Waals surface area contributed by atoms with Crippen LogP contribution in [0.25, 0.3) is 0 Å². The van der Waals surface area contributed by atoms with Crippen LogP contribution in [0.5, 0.6) is 0 Å². The zero-order valence-electron chi connectivity index (χ0n) is 12.4. The Bertz CT molecular complexity index is 503. The van der Waals surface area contributed by atoms with Gasteiger partial charge in [0, 0.05) is 7.05 Å². The molecule has 4 fully saturated rings. The Labute approximate surface area is 126 Å². The van der Waals surface area contributed by atoms with Crippen molar-refractivity contribution in [1.82, 2.24) is 4.90 Å². The van der Waals surface area contributed by atoms with Crippen molar-refractivity contribution in [3.05, 3.63) is 0 Å². The van der Waals surface area contributed by atoms with Gasteiger partial charge in [-0.1, -0.05) is 0 Å². The molecule has 2 unspecified atom stereocenters. The van der Waals surface area contributed by atoms with Crippen LogP contribution in [0.3, 0.4) is 0 Å². The van der Waals surface area contributed by atoms with E-state index < -0.39 is 35.4 Å². The highest BCUT2D eigenvalue weighted by Crippen LogP contribution is 2.69. The number of amides is 1. The van der Waals surface area contributed by atoms with Crippen molar-refractivity contribution < 1.29 is 27.9 Å². The highest BCUT2D eigenvalue weighted by molar-refractivity contribution is 5.86. The van der Waals surface area contributed by atoms with Crippen LogP contribution in [0.1, 0.15) is 38.5 Å². The van der Waals surface area contributed by atoms with Crippen molar-refractivity contribution in [3.63, 3.8) is 0 Å². The van der Waals surface area contributed by atoms with Gasteiger partial charge in [0.15, 0.2) is 0 Å². The molecule has 0 aromatic carbocycles. The normalized spacial score (nSPS) is 39.8. The van der Waals surface area contributed by atoms with Gasteiger partial charge in [0.1, 0.15) is 6.54 Å². The van der Waals surface area contributed by atoms with Gasteiger partial charge in [-0.25, -0.2) is 0 Å². The third-order valence-corrected chi connectivity index (χ3v) is 5.84. The second kappa shape index (κ2) is 4.61. The molecule has 124 valence electrons. The molecule has 0 radical (unpaired) electrons. The highest BCUT2D eigenvalue weighted by Gasteiger charge is 2.69. The maximum absolute atomic E-state index is 13.6. The molecule has 4 rings (SSSR count). The van der Waals surface area contributed by atoms with Gasteiger partial charge in [0.2, 0.25) is 5.91 Å². The fourth-order valence-corrected chi connectivity index (χ4v) is 5.52. The van der Waals surface area contributed by atoms with Crippen LogP contribution < -0.4 is 0 Å². The minimum Gasteiger partial charge on any atom is -0.480 e. The molecule has 0 saturated heterocycles. The zero-order valence-corrected chi connectivity index (χ0v) is 12.4. The SMILES string of the molecule is CN(CC(=O)O)C(=O)C12CC3CC(C1)CC(C(F)(F)F)(C3)C2. The first kappa shape index (κ1) is 15.6. The van der Waals surface area contributed by atoms with Crippen molar-refractivity contribution in [2.75, 3.05) is 13.6 Å². The highest BCUT2D eigenvalue weighted by atomic mass is 19.4. The summed E-state index contributed by atoms with van der Waals surface area (Å²) in [5.74, 6) is -1.70. The Kier molecular flexibility index (Phi) is 3.28. The minimum absolute atomic E-state index is 0.0648. The number of carbonyl (C=O) groups excluding carboxylic acids is 1. The fourth-order valence-electron chi connectivity index (χ4n) is 5.52.